The smallest absolute Gasteiger partial charge is 0.275 e. The van der Waals surface area contributed by atoms with Crippen molar-refractivity contribution in [3.8, 4) is 0 Å². The molecule has 0 saturated heterocycles. The molecule has 0 saturated carbocycles. The Morgan fingerprint density at radius 1 is 1.31 bits per heavy atom. The van der Waals surface area contributed by atoms with Crippen molar-refractivity contribution >= 4 is 39.7 Å². The van der Waals surface area contributed by atoms with E-state index in [1.54, 1.807) is 0 Å². The molecule has 1 N–H and O–H groups in total. The standard InChI is InChI=1S/C18H20N4O2S2/c1-4-15-21-22-16(24)8-13(19-18(22)26-15)9-25-10-14(23)20-17-11(2)6-5-7-12(17)3/h5-8H,4,9-10H2,1-3H3,(H,20,23). The maximum absolute atomic E-state index is 12.2. The van der Waals surface area contributed by atoms with Gasteiger partial charge in [-0.15, -0.1) is 11.8 Å². The Morgan fingerprint density at radius 3 is 2.73 bits per heavy atom. The number of benzene rings is 1. The van der Waals surface area contributed by atoms with Crippen LogP contribution < -0.4 is 10.9 Å². The molecule has 6 nitrogen and oxygen atoms in total. The van der Waals surface area contributed by atoms with Gasteiger partial charge < -0.3 is 5.32 Å². The number of rotatable bonds is 6. The number of aryl methyl sites for hydroxylation is 3. The van der Waals surface area contributed by atoms with Gasteiger partial charge >= 0.3 is 0 Å². The maximum atomic E-state index is 12.2. The highest BCUT2D eigenvalue weighted by Crippen LogP contribution is 2.20. The van der Waals surface area contributed by atoms with Crippen molar-refractivity contribution in [3.05, 3.63) is 56.4 Å². The van der Waals surface area contributed by atoms with Gasteiger partial charge in [0.15, 0.2) is 0 Å². The first kappa shape index (κ1) is 18.6. The highest BCUT2D eigenvalue weighted by molar-refractivity contribution is 7.99. The number of nitrogens with zero attached hydrogens (tertiary/aromatic N) is 3. The molecule has 0 bridgehead atoms. The van der Waals surface area contributed by atoms with Crippen molar-refractivity contribution in [1.29, 1.82) is 0 Å². The summed E-state index contributed by atoms with van der Waals surface area (Å²) in [6.07, 6.45) is 0.774. The SMILES string of the molecule is CCc1nn2c(=O)cc(CSCC(=O)Nc3c(C)cccc3C)nc2s1. The molecular weight excluding hydrogens is 368 g/mol. The van der Waals surface area contributed by atoms with E-state index in [4.69, 9.17) is 0 Å². The first-order valence-electron chi connectivity index (χ1n) is 8.30. The van der Waals surface area contributed by atoms with E-state index in [0.29, 0.717) is 22.2 Å². The second kappa shape index (κ2) is 8.01. The quantitative estimate of drug-likeness (QED) is 0.702. The molecule has 1 aromatic carbocycles. The predicted octanol–water partition coefficient (Wildman–Crippen LogP) is 3.20. The van der Waals surface area contributed by atoms with Crippen molar-refractivity contribution in [3.63, 3.8) is 0 Å². The summed E-state index contributed by atoms with van der Waals surface area (Å²) in [7, 11) is 0. The first-order valence-corrected chi connectivity index (χ1v) is 10.3. The molecule has 2 aromatic heterocycles. The molecule has 0 aliphatic rings. The number of para-hydroxylation sites is 1. The zero-order valence-corrected chi connectivity index (χ0v) is 16.5. The zero-order chi connectivity index (χ0) is 18.7. The van der Waals surface area contributed by atoms with Gasteiger partial charge in [0.05, 0.1) is 11.4 Å². The number of hydrogen-bond donors (Lipinski definition) is 1. The fraction of sp³-hybridized carbons (Fsp3) is 0.333. The van der Waals surface area contributed by atoms with Crippen molar-refractivity contribution in [1.82, 2.24) is 14.6 Å². The number of aromatic nitrogens is 3. The minimum Gasteiger partial charge on any atom is -0.325 e. The third-order valence-corrected chi connectivity index (χ3v) is 5.89. The average molecular weight is 389 g/mol. The Morgan fingerprint density at radius 2 is 2.04 bits per heavy atom. The Kier molecular flexibility index (Phi) is 5.73. The van der Waals surface area contributed by atoms with Crippen LogP contribution >= 0.6 is 23.1 Å². The van der Waals surface area contributed by atoms with Crippen molar-refractivity contribution in [2.24, 2.45) is 0 Å². The zero-order valence-electron chi connectivity index (χ0n) is 14.9. The van der Waals surface area contributed by atoms with Crippen LogP contribution in [0.3, 0.4) is 0 Å². The monoisotopic (exact) mass is 388 g/mol. The highest BCUT2D eigenvalue weighted by atomic mass is 32.2. The minimum absolute atomic E-state index is 0.0590. The fourth-order valence-electron chi connectivity index (χ4n) is 2.55. The lowest BCUT2D eigenvalue weighted by atomic mass is 10.1. The fourth-order valence-corrected chi connectivity index (χ4v) is 4.12. The molecule has 1 amide bonds. The number of carbonyl (C=O) groups is 1. The van der Waals surface area contributed by atoms with Gasteiger partial charge in [0, 0.05) is 17.5 Å². The van der Waals surface area contributed by atoms with E-state index in [1.807, 2.05) is 39.0 Å². The summed E-state index contributed by atoms with van der Waals surface area (Å²) in [5.74, 6) is 0.750. The summed E-state index contributed by atoms with van der Waals surface area (Å²) in [6.45, 7) is 5.94. The summed E-state index contributed by atoms with van der Waals surface area (Å²) < 4.78 is 1.34. The molecule has 0 aliphatic carbocycles. The van der Waals surface area contributed by atoms with Crippen LogP contribution in [0.25, 0.3) is 4.96 Å². The molecule has 26 heavy (non-hydrogen) atoms. The third kappa shape index (κ3) is 4.13. The van der Waals surface area contributed by atoms with Gasteiger partial charge in [0.25, 0.3) is 5.56 Å². The molecule has 3 rings (SSSR count). The molecule has 8 heteroatoms. The molecule has 136 valence electrons. The average Bonchev–Trinajstić information content (AvgIpc) is 3.02. The highest BCUT2D eigenvalue weighted by Gasteiger charge is 2.10. The van der Waals surface area contributed by atoms with Crippen LogP contribution in [0.2, 0.25) is 0 Å². The lowest BCUT2D eigenvalue weighted by Crippen LogP contribution is -2.17. The maximum Gasteiger partial charge on any atom is 0.275 e. The number of fused-ring (bicyclic) bond motifs is 1. The van der Waals surface area contributed by atoms with Crippen LogP contribution in [-0.2, 0) is 17.0 Å². The molecular formula is C18H20N4O2S2. The predicted molar refractivity (Wildman–Crippen MR) is 107 cm³/mol. The third-order valence-electron chi connectivity index (χ3n) is 3.87. The van der Waals surface area contributed by atoms with E-state index in [1.165, 1.54) is 33.7 Å². The topological polar surface area (TPSA) is 76.4 Å². The largest absolute Gasteiger partial charge is 0.325 e. The second-order valence-electron chi connectivity index (χ2n) is 5.94. The molecule has 0 unspecified atom stereocenters. The Hall–Kier alpha value is -2.19. The molecule has 3 aromatic rings. The molecule has 0 radical (unpaired) electrons. The number of thioether (sulfide) groups is 1. The Labute approximate surface area is 159 Å². The van der Waals surface area contributed by atoms with Crippen LogP contribution in [0.4, 0.5) is 5.69 Å². The number of anilines is 1. The van der Waals surface area contributed by atoms with Crippen molar-refractivity contribution < 1.29 is 4.79 Å². The normalized spacial score (nSPS) is 11.0. The van der Waals surface area contributed by atoms with E-state index in [0.717, 1.165) is 28.2 Å². The van der Waals surface area contributed by atoms with Crippen LogP contribution in [0.5, 0.6) is 0 Å². The molecule has 0 atom stereocenters. The molecule has 0 aliphatic heterocycles. The van der Waals surface area contributed by atoms with Crippen molar-refractivity contribution in [2.75, 3.05) is 11.1 Å². The summed E-state index contributed by atoms with van der Waals surface area (Å²) >= 11 is 2.86. The Bertz CT molecular complexity index is 990. The van der Waals surface area contributed by atoms with Gasteiger partial charge in [-0.1, -0.05) is 36.5 Å². The first-order chi connectivity index (χ1) is 12.5. The minimum atomic E-state index is -0.179. The van der Waals surface area contributed by atoms with Gasteiger partial charge in [0.2, 0.25) is 10.9 Å². The number of amides is 1. The number of nitrogens with one attached hydrogen (secondary N) is 1. The van der Waals surface area contributed by atoms with E-state index in [-0.39, 0.29) is 11.5 Å². The van der Waals surface area contributed by atoms with Crippen molar-refractivity contribution in [2.45, 2.75) is 32.9 Å². The van der Waals surface area contributed by atoms with Gasteiger partial charge in [0.1, 0.15) is 5.01 Å². The Balaban J connectivity index is 1.62. The molecule has 0 spiro atoms. The van der Waals surface area contributed by atoms with Gasteiger partial charge in [-0.05, 0) is 31.4 Å². The van der Waals surface area contributed by atoms with Gasteiger partial charge in [-0.25, -0.2) is 4.98 Å². The van der Waals surface area contributed by atoms with Crippen LogP contribution in [0, 0.1) is 13.8 Å². The van der Waals surface area contributed by atoms with E-state index in [2.05, 4.69) is 15.4 Å². The second-order valence-corrected chi connectivity index (χ2v) is 7.96. The summed E-state index contributed by atoms with van der Waals surface area (Å²) in [6, 6.07) is 7.41. The van der Waals surface area contributed by atoms with Crippen LogP contribution in [-0.4, -0.2) is 26.3 Å². The number of carbonyl (C=O) groups excluding carboxylic acids is 1. The lowest BCUT2D eigenvalue weighted by Gasteiger charge is -2.11. The molecule has 0 fully saturated rings. The van der Waals surface area contributed by atoms with Crippen LogP contribution in [0.15, 0.2) is 29.1 Å². The summed E-state index contributed by atoms with van der Waals surface area (Å²) in [4.78, 5) is 29.4. The summed E-state index contributed by atoms with van der Waals surface area (Å²) in [5, 5.41) is 8.08. The summed E-state index contributed by atoms with van der Waals surface area (Å²) in [5.41, 5.74) is 3.45. The molecule has 2 heterocycles. The lowest BCUT2D eigenvalue weighted by molar-refractivity contribution is -0.113. The van der Waals surface area contributed by atoms with Gasteiger partial charge in [-0.2, -0.15) is 9.61 Å². The van der Waals surface area contributed by atoms with E-state index in [9.17, 15) is 9.59 Å². The number of hydrogen-bond acceptors (Lipinski definition) is 6. The van der Waals surface area contributed by atoms with E-state index >= 15 is 0 Å². The van der Waals surface area contributed by atoms with Gasteiger partial charge in [-0.3, -0.25) is 9.59 Å². The van der Waals surface area contributed by atoms with Crippen LogP contribution in [0.1, 0.15) is 28.8 Å². The van der Waals surface area contributed by atoms with E-state index < -0.39 is 0 Å².